The summed E-state index contributed by atoms with van der Waals surface area (Å²) in [5.74, 6) is -0.316. The maximum atomic E-state index is 13.4. The van der Waals surface area contributed by atoms with Crippen molar-refractivity contribution in [2.75, 3.05) is 6.54 Å². The minimum atomic E-state index is -4.41. The van der Waals surface area contributed by atoms with Gasteiger partial charge in [0.2, 0.25) is 11.8 Å². The molecular formula is C26H23F4N5O2. The van der Waals surface area contributed by atoms with E-state index >= 15 is 0 Å². The molecule has 7 nitrogen and oxygen atoms in total. The molecule has 4 aromatic rings. The zero-order chi connectivity index (χ0) is 26.0. The summed E-state index contributed by atoms with van der Waals surface area (Å²) in [6, 6.07) is 11.6. The number of pyridine rings is 2. The van der Waals surface area contributed by atoms with Gasteiger partial charge in [-0.3, -0.25) is 9.78 Å². The SMILES string of the molecule is O=C(NCC(F)(F)F)C1CCC(Oc2ccc(-c3ccc(-c4nc5ccc(F)cc5[nH]4)cn3)cn2)CC1. The molecule has 0 unspecified atom stereocenters. The Morgan fingerprint density at radius 3 is 2.43 bits per heavy atom. The Morgan fingerprint density at radius 1 is 1.00 bits per heavy atom. The molecule has 1 aliphatic rings. The third kappa shape index (κ3) is 6.04. The van der Waals surface area contributed by atoms with Crippen molar-refractivity contribution in [3.05, 3.63) is 60.7 Å². The summed E-state index contributed by atoms with van der Waals surface area (Å²) in [6.07, 6.45) is 0.803. The largest absolute Gasteiger partial charge is 0.474 e. The number of H-pyrrole nitrogens is 1. The molecule has 0 radical (unpaired) electrons. The normalized spacial score (nSPS) is 18.1. The Morgan fingerprint density at radius 2 is 1.76 bits per heavy atom. The lowest BCUT2D eigenvalue weighted by Gasteiger charge is -2.28. The molecule has 0 bridgehead atoms. The number of hydrogen-bond acceptors (Lipinski definition) is 5. The molecule has 0 saturated heterocycles. The quantitative estimate of drug-likeness (QED) is 0.335. The predicted octanol–water partition coefficient (Wildman–Crippen LogP) is 5.44. The van der Waals surface area contributed by atoms with Gasteiger partial charge in [0.1, 0.15) is 24.3 Å². The summed E-state index contributed by atoms with van der Waals surface area (Å²) in [5, 5.41) is 1.96. The van der Waals surface area contributed by atoms with Crippen molar-refractivity contribution in [3.8, 4) is 28.5 Å². The number of halogens is 4. The average Bonchev–Trinajstić information content (AvgIpc) is 3.31. The standard InChI is InChI=1S/C26H23F4N5O2/c27-18-5-9-21-22(11-18)35-24(34-21)17-3-8-20(31-13-17)16-4-10-23(32-12-16)37-19-6-1-15(2-7-19)25(36)33-14-26(28,29)30/h3-5,8-13,15,19H,1-2,6-7,14H2,(H,33,36)(H,34,35). The number of alkyl halides is 3. The third-order valence-corrected chi connectivity index (χ3v) is 6.31. The average molecular weight is 513 g/mol. The molecule has 1 amide bonds. The van der Waals surface area contributed by atoms with Crippen molar-refractivity contribution in [2.45, 2.75) is 38.0 Å². The second-order valence-corrected chi connectivity index (χ2v) is 8.99. The fraction of sp³-hybridized carbons (Fsp3) is 0.308. The number of ether oxygens (including phenoxy) is 1. The van der Waals surface area contributed by atoms with Gasteiger partial charge in [-0.2, -0.15) is 13.2 Å². The molecule has 5 rings (SSSR count). The molecule has 0 spiro atoms. The van der Waals surface area contributed by atoms with Crippen LogP contribution in [0.4, 0.5) is 17.6 Å². The number of carbonyl (C=O) groups is 1. The van der Waals surface area contributed by atoms with E-state index in [-0.39, 0.29) is 11.9 Å². The Kier molecular flexibility index (Phi) is 6.77. The molecule has 11 heteroatoms. The number of nitrogens with one attached hydrogen (secondary N) is 2. The highest BCUT2D eigenvalue weighted by molar-refractivity contribution is 5.79. The van der Waals surface area contributed by atoms with Crippen molar-refractivity contribution in [2.24, 2.45) is 5.92 Å². The van der Waals surface area contributed by atoms with Gasteiger partial charge in [0, 0.05) is 35.5 Å². The summed E-state index contributed by atoms with van der Waals surface area (Å²) >= 11 is 0. The molecule has 0 aliphatic heterocycles. The number of benzene rings is 1. The first kappa shape index (κ1) is 24.7. The molecule has 1 fully saturated rings. The highest BCUT2D eigenvalue weighted by atomic mass is 19.4. The van der Waals surface area contributed by atoms with Gasteiger partial charge >= 0.3 is 6.18 Å². The minimum absolute atomic E-state index is 0.153. The summed E-state index contributed by atoms with van der Waals surface area (Å²) in [5.41, 5.74) is 3.53. The van der Waals surface area contributed by atoms with Gasteiger partial charge in [0.05, 0.1) is 16.7 Å². The first-order chi connectivity index (χ1) is 17.7. The van der Waals surface area contributed by atoms with Crippen LogP contribution in [0.5, 0.6) is 5.88 Å². The van der Waals surface area contributed by atoms with Crippen LogP contribution >= 0.6 is 0 Å². The Bertz CT molecular complexity index is 1380. The zero-order valence-corrected chi connectivity index (χ0v) is 19.6. The van der Waals surface area contributed by atoms with Gasteiger partial charge in [-0.1, -0.05) is 0 Å². The molecule has 37 heavy (non-hydrogen) atoms. The molecule has 0 atom stereocenters. The fourth-order valence-corrected chi connectivity index (χ4v) is 4.37. The van der Waals surface area contributed by atoms with Crippen LogP contribution in [0, 0.1) is 11.7 Å². The number of aromatic nitrogens is 4. The molecule has 3 aromatic heterocycles. The van der Waals surface area contributed by atoms with Crippen LogP contribution < -0.4 is 10.1 Å². The number of carbonyl (C=O) groups excluding carboxylic acids is 1. The van der Waals surface area contributed by atoms with E-state index in [1.165, 1.54) is 12.1 Å². The monoisotopic (exact) mass is 513 g/mol. The molecule has 1 saturated carbocycles. The van der Waals surface area contributed by atoms with E-state index < -0.39 is 24.5 Å². The third-order valence-electron chi connectivity index (χ3n) is 6.31. The molecule has 1 aliphatic carbocycles. The van der Waals surface area contributed by atoms with Crippen molar-refractivity contribution in [1.82, 2.24) is 25.3 Å². The Hall–Kier alpha value is -4.02. The number of imidazole rings is 1. The summed E-state index contributed by atoms with van der Waals surface area (Å²) < 4.78 is 56.3. The number of hydrogen-bond donors (Lipinski definition) is 2. The van der Waals surface area contributed by atoms with E-state index in [0.29, 0.717) is 54.1 Å². The van der Waals surface area contributed by atoms with Crippen LogP contribution in [0.2, 0.25) is 0 Å². The first-order valence-electron chi connectivity index (χ1n) is 11.8. The predicted molar refractivity (Wildman–Crippen MR) is 128 cm³/mol. The van der Waals surface area contributed by atoms with Crippen molar-refractivity contribution >= 4 is 16.9 Å². The summed E-state index contributed by atoms with van der Waals surface area (Å²) in [7, 11) is 0. The van der Waals surface area contributed by atoms with E-state index in [4.69, 9.17) is 4.74 Å². The van der Waals surface area contributed by atoms with E-state index in [1.807, 2.05) is 23.5 Å². The fourth-order valence-electron chi connectivity index (χ4n) is 4.37. The maximum Gasteiger partial charge on any atom is 0.405 e. The van der Waals surface area contributed by atoms with Crippen LogP contribution in [0.25, 0.3) is 33.7 Å². The number of amides is 1. The topological polar surface area (TPSA) is 92.8 Å². The molecule has 2 N–H and O–H groups in total. The smallest absolute Gasteiger partial charge is 0.405 e. The number of rotatable bonds is 6. The van der Waals surface area contributed by atoms with E-state index in [9.17, 15) is 22.4 Å². The van der Waals surface area contributed by atoms with E-state index in [0.717, 1.165) is 11.1 Å². The van der Waals surface area contributed by atoms with Gasteiger partial charge in [0.15, 0.2) is 0 Å². The van der Waals surface area contributed by atoms with Crippen LogP contribution in [0.1, 0.15) is 25.7 Å². The van der Waals surface area contributed by atoms with Crippen LogP contribution in [-0.4, -0.2) is 44.7 Å². The van der Waals surface area contributed by atoms with Gasteiger partial charge < -0.3 is 15.0 Å². The van der Waals surface area contributed by atoms with Gasteiger partial charge in [-0.25, -0.2) is 14.4 Å². The van der Waals surface area contributed by atoms with Gasteiger partial charge in [-0.05, 0) is 62.1 Å². The Balaban J connectivity index is 1.16. The molecular weight excluding hydrogens is 490 g/mol. The minimum Gasteiger partial charge on any atom is -0.474 e. The van der Waals surface area contributed by atoms with Crippen LogP contribution in [0.3, 0.4) is 0 Å². The van der Waals surface area contributed by atoms with E-state index in [2.05, 4.69) is 19.9 Å². The van der Waals surface area contributed by atoms with Crippen molar-refractivity contribution < 1.29 is 27.1 Å². The summed E-state index contributed by atoms with van der Waals surface area (Å²) in [4.78, 5) is 28.4. The molecule has 1 aromatic carbocycles. The van der Waals surface area contributed by atoms with Crippen molar-refractivity contribution in [1.29, 1.82) is 0 Å². The lowest BCUT2D eigenvalue weighted by molar-refractivity contribution is -0.141. The number of fused-ring (bicyclic) bond motifs is 1. The van der Waals surface area contributed by atoms with Gasteiger partial charge in [0.25, 0.3) is 0 Å². The number of nitrogens with zero attached hydrogens (tertiary/aromatic N) is 3. The highest BCUT2D eigenvalue weighted by Crippen LogP contribution is 2.29. The highest BCUT2D eigenvalue weighted by Gasteiger charge is 2.32. The second kappa shape index (κ2) is 10.2. The maximum absolute atomic E-state index is 13.4. The zero-order valence-electron chi connectivity index (χ0n) is 19.6. The van der Waals surface area contributed by atoms with E-state index in [1.54, 1.807) is 24.5 Å². The first-order valence-corrected chi connectivity index (χ1v) is 11.8. The van der Waals surface area contributed by atoms with Crippen LogP contribution in [-0.2, 0) is 4.79 Å². The lowest BCUT2D eigenvalue weighted by atomic mass is 9.87. The summed E-state index contributed by atoms with van der Waals surface area (Å²) in [6.45, 7) is -1.31. The van der Waals surface area contributed by atoms with Crippen molar-refractivity contribution in [3.63, 3.8) is 0 Å². The number of aromatic amines is 1. The van der Waals surface area contributed by atoms with Gasteiger partial charge in [-0.15, -0.1) is 0 Å². The van der Waals surface area contributed by atoms with Crippen LogP contribution in [0.15, 0.2) is 54.9 Å². The lowest BCUT2D eigenvalue weighted by Crippen LogP contribution is -2.39. The molecule has 3 heterocycles. The second-order valence-electron chi connectivity index (χ2n) is 8.99. The molecule has 192 valence electrons. The Labute approximate surface area is 209 Å².